The number of hydrogen-bond acceptors (Lipinski definition) is 9. The van der Waals surface area contributed by atoms with Crippen molar-refractivity contribution in [3.63, 3.8) is 0 Å². The molecule has 1 unspecified atom stereocenters. The number of alkyl carbamates (subject to hydrolysis) is 1. The van der Waals surface area contributed by atoms with Crippen LogP contribution in [0.15, 0.2) is 11.5 Å². The normalized spacial score (nSPS) is 19.4. The first-order valence-electron chi connectivity index (χ1n) is 7.79. The van der Waals surface area contributed by atoms with Crippen LogP contribution in [0.25, 0.3) is 0 Å². The van der Waals surface area contributed by atoms with Gasteiger partial charge in [-0.2, -0.15) is 0 Å². The molecule has 10 nitrogen and oxygen atoms in total. The van der Waals surface area contributed by atoms with Gasteiger partial charge in [-0.1, -0.05) is 13.8 Å². The van der Waals surface area contributed by atoms with Crippen molar-refractivity contribution in [3.05, 3.63) is 11.5 Å². The number of carbonyl (C=O) groups excluding carboxylic acids is 3. The summed E-state index contributed by atoms with van der Waals surface area (Å²) in [4.78, 5) is 35.4. The van der Waals surface area contributed by atoms with E-state index in [4.69, 9.17) is 14.6 Å². The van der Waals surface area contributed by atoms with E-state index in [1.165, 1.54) is 0 Å². The lowest BCUT2D eigenvalue weighted by Crippen LogP contribution is -2.43. The molecule has 0 aliphatic carbocycles. The van der Waals surface area contributed by atoms with Gasteiger partial charge in [-0.3, -0.25) is 0 Å². The molecule has 0 saturated heterocycles. The Morgan fingerprint density at radius 3 is 2.52 bits per heavy atom. The molecule has 0 fully saturated rings. The fraction of sp³-hybridized carbons (Fsp3) is 0.667. The van der Waals surface area contributed by atoms with Crippen LogP contribution < -0.4 is 5.32 Å². The van der Waals surface area contributed by atoms with Gasteiger partial charge in [0.25, 0.3) is 5.76 Å². The second-order valence-electron chi connectivity index (χ2n) is 5.76. The maximum absolute atomic E-state index is 11.9. The maximum atomic E-state index is 11.9. The first kappa shape index (κ1) is 20.7. The first-order valence-corrected chi connectivity index (χ1v) is 7.79. The molecule has 142 valence electrons. The number of nitrogens with one attached hydrogen (secondary N) is 1. The highest BCUT2D eigenvalue weighted by atomic mass is 16.6. The summed E-state index contributed by atoms with van der Waals surface area (Å²) in [6.45, 7) is 4.64. The third-order valence-electron chi connectivity index (χ3n) is 3.22. The van der Waals surface area contributed by atoms with Gasteiger partial charge in [0.05, 0.1) is 13.2 Å². The standard InChI is InChI=1S/C15H23NO9/c1-4-23-13(20)8(5-7(2)3)16-15(22)25-12-10(19)11(9(18)6-17)24-14(12)21/h7-9,11,17-19H,4-6H2,1-3H3,(H,16,22)/t8?,9-,11+/m0/s1. The third kappa shape index (κ3) is 5.61. The number of cyclic esters (lactones) is 1. The zero-order valence-electron chi connectivity index (χ0n) is 14.2. The molecule has 3 atom stereocenters. The topological polar surface area (TPSA) is 152 Å². The van der Waals surface area contributed by atoms with Crippen LogP contribution in [0.4, 0.5) is 4.79 Å². The average Bonchev–Trinajstić information content (AvgIpc) is 2.81. The van der Waals surface area contributed by atoms with Gasteiger partial charge >= 0.3 is 18.0 Å². The fourth-order valence-electron chi connectivity index (χ4n) is 2.10. The Kier molecular flexibility index (Phi) is 7.65. The molecule has 1 rings (SSSR count). The molecular formula is C15H23NO9. The summed E-state index contributed by atoms with van der Waals surface area (Å²) >= 11 is 0. The molecule has 1 aliphatic heterocycles. The SMILES string of the molecule is CCOC(=O)C(CC(C)C)NC(=O)OC1=C(O)[C@@H]([C@@H](O)CO)OC1=O. The molecule has 1 heterocycles. The average molecular weight is 361 g/mol. The highest BCUT2D eigenvalue weighted by Crippen LogP contribution is 2.24. The fourth-order valence-corrected chi connectivity index (χ4v) is 2.10. The zero-order valence-corrected chi connectivity index (χ0v) is 14.2. The number of ether oxygens (including phenoxy) is 3. The van der Waals surface area contributed by atoms with Crippen LogP contribution in [-0.2, 0) is 23.8 Å². The van der Waals surface area contributed by atoms with Gasteiger partial charge in [-0.25, -0.2) is 14.4 Å². The van der Waals surface area contributed by atoms with Gasteiger partial charge in [0.2, 0.25) is 0 Å². The van der Waals surface area contributed by atoms with Crippen LogP contribution in [0, 0.1) is 5.92 Å². The predicted octanol–water partition coefficient (Wildman–Crippen LogP) is -0.261. The monoisotopic (exact) mass is 361 g/mol. The van der Waals surface area contributed by atoms with Crippen molar-refractivity contribution in [1.82, 2.24) is 5.32 Å². The van der Waals surface area contributed by atoms with Crippen molar-refractivity contribution in [2.45, 2.75) is 45.4 Å². The van der Waals surface area contributed by atoms with Crippen molar-refractivity contribution >= 4 is 18.0 Å². The summed E-state index contributed by atoms with van der Waals surface area (Å²) < 4.78 is 14.2. The molecule has 4 N–H and O–H groups in total. The van der Waals surface area contributed by atoms with E-state index < -0.39 is 54.4 Å². The van der Waals surface area contributed by atoms with Gasteiger partial charge in [0.15, 0.2) is 11.9 Å². The number of hydrogen-bond donors (Lipinski definition) is 4. The Bertz CT molecular complexity index is 543. The second kappa shape index (κ2) is 9.23. The highest BCUT2D eigenvalue weighted by molar-refractivity contribution is 5.92. The maximum Gasteiger partial charge on any atom is 0.413 e. The summed E-state index contributed by atoms with van der Waals surface area (Å²) in [5, 5.41) is 30.3. The summed E-state index contributed by atoms with van der Waals surface area (Å²) in [5.41, 5.74) is 0. The molecule has 0 saturated carbocycles. The van der Waals surface area contributed by atoms with E-state index in [-0.39, 0.29) is 18.9 Å². The molecule has 0 aromatic carbocycles. The largest absolute Gasteiger partial charge is 0.505 e. The Hall–Kier alpha value is -2.33. The van der Waals surface area contributed by atoms with Crippen molar-refractivity contribution in [1.29, 1.82) is 0 Å². The summed E-state index contributed by atoms with van der Waals surface area (Å²) in [6, 6.07) is -0.994. The molecule has 1 aliphatic rings. The van der Waals surface area contributed by atoms with E-state index in [0.717, 1.165) is 0 Å². The van der Waals surface area contributed by atoms with Gasteiger partial charge in [0.1, 0.15) is 12.1 Å². The van der Waals surface area contributed by atoms with Crippen molar-refractivity contribution in [3.8, 4) is 0 Å². The lowest BCUT2D eigenvalue weighted by atomic mass is 10.0. The summed E-state index contributed by atoms with van der Waals surface area (Å²) in [5.74, 6) is -3.42. The smallest absolute Gasteiger partial charge is 0.413 e. The molecule has 0 spiro atoms. The Morgan fingerprint density at radius 1 is 1.36 bits per heavy atom. The van der Waals surface area contributed by atoms with E-state index in [2.05, 4.69) is 10.1 Å². The third-order valence-corrected chi connectivity index (χ3v) is 3.22. The van der Waals surface area contributed by atoms with Gasteiger partial charge in [-0.05, 0) is 19.3 Å². The predicted molar refractivity (Wildman–Crippen MR) is 82.1 cm³/mol. The van der Waals surface area contributed by atoms with Gasteiger partial charge < -0.3 is 34.8 Å². The Balaban J connectivity index is 2.80. The minimum Gasteiger partial charge on any atom is -0.505 e. The molecule has 0 aromatic rings. The second-order valence-corrected chi connectivity index (χ2v) is 5.76. The zero-order chi connectivity index (χ0) is 19.1. The molecule has 0 bridgehead atoms. The summed E-state index contributed by atoms with van der Waals surface area (Å²) in [6.07, 6.45) is -4.00. The van der Waals surface area contributed by atoms with Crippen LogP contribution in [0.1, 0.15) is 27.2 Å². The van der Waals surface area contributed by atoms with Gasteiger partial charge in [-0.15, -0.1) is 0 Å². The van der Waals surface area contributed by atoms with E-state index >= 15 is 0 Å². The Labute approximate surface area is 144 Å². The van der Waals surface area contributed by atoms with Crippen molar-refractivity contribution < 1.29 is 43.9 Å². The number of aliphatic hydroxyl groups is 3. The van der Waals surface area contributed by atoms with Crippen molar-refractivity contribution in [2.75, 3.05) is 13.2 Å². The number of carbonyl (C=O) groups is 3. The van der Waals surface area contributed by atoms with E-state index in [9.17, 15) is 24.6 Å². The molecule has 1 amide bonds. The molecule has 10 heteroatoms. The first-order chi connectivity index (χ1) is 11.7. The van der Waals surface area contributed by atoms with Crippen LogP contribution in [0.3, 0.4) is 0 Å². The van der Waals surface area contributed by atoms with E-state index in [1.807, 2.05) is 13.8 Å². The van der Waals surface area contributed by atoms with Crippen LogP contribution in [-0.4, -0.2) is 64.8 Å². The highest BCUT2D eigenvalue weighted by Gasteiger charge is 2.41. The quantitative estimate of drug-likeness (QED) is 0.338. The van der Waals surface area contributed by atoms with Crippen molar-refractivity contribution in [2.24, 2.45) is 5.92 Å². The summed E-state index contributed by atoms with van der Waals surface area (Å²) in [7, 11) is 0. The molecular weight excluding hydrogens is 338 g/mol. The van der Waals surface area contributed by atoms with Crippen LogP contribution >= 0.6 is 0 Å². The lowest BCUT2D eigenvalue weighted by molar-refractivity contribution is -0.147. The minimum atomic E-state index is -1.57. The number of amides is 1. The molecule has 0 radical (unpaired) electrons. The Morgan fingerprint density at radius 2 is 2.00 bits per heavy atom. The van der Waals surface area contributed by atoms with Crippen LogP contribution in [0.2, 0.25) is 0 Å². The lowest BCUT2D eigenvalue weighted by Gasteiger charge is -2.18. The van der Waals surface area contributed by atoms with Crippen LogP contribution in [0.5, 0.6) is 0 Å². The number of rotatable bonds is 8. The minimum absolute atomic E-state index is 0.0582. The van der Waals surface area contributed by atoms with Gasteiger partial charge in [0, 0.05) is 0 Å². The number of esters is 2. The number of aliphatic hydroxyl groups excluding tert-OH is 3. The molecule has 0 aromatic heterocycles. The van der Waals surface area contributed by atoms with E-state index in [1.54, 1.807) is 6.92 Å². The molecule has 25 heavy (non-hydrogen) atoms. The van der Waals surface area contributed by atoms with E-state index in [0.29, 0.717) is 0 Å².